The maximum Gasteiger partial charge on any atom is 0.306 e. The monoisotopic (exact) mass is 584 g/mol. The normalized spacial score (nSPS) is 14.9. The number of carbonyl (C=O) groups is 1. The molecule has 192 valence electrons. The van der Waals surface area contributed by atoms with Gasteiger partial charge in [-0.05, 0) is 56.0 Å². The van der Waals surface area contributed by atoms with Crippen molar-refractivity contribution in [1.29, 1.82) is 0 Å². The fourth-order valence-corrected chi connectivity index (χ4v) is 4.56. The van der Waals surface area contributed by atoms with E-state index < -0.39 is 11.9 Å². The van der Waals surface area contributed by atoms with Gasteiger partial charge in [-0.3, -0.25) is 4.79 Å². The van der Waals surface area contributed by atoms with Gasteiger partial charge in [0.15, 0.2) is 11.2 Å². The number of carboxylic acids is 1. The number of aromatic nitrogens is 4. The summed E-state index contributed by atoms with van der Waals surface area (Å²) >= 11 is 10.4. The lowest BCUT2D eigenvalue weighted by Crippen LogP contribution is -2.13. The molecule has 0 bridgehead atoms. The van der Waals surface area contributed by atoms with Gasteiger partial charge in [0.05, 0.1) is 24.1 Å². The largest absolute Gasteiger partial charge is 0.494 e. The average Bonchev–Trinajstić information content (AvgIpc) is 3.48. The molecule has 0 saturated heterocycles. The molecule has 2 aromatic carbocycles. The van der Waals surface area contributed by atoms with Crippen LogP contribution in [0.3, 0.4) is 0 Å². The summed E-state index contributed by atoms with van der Waals surface area (Å²) in [6.45, 7) is 4.50. The molecule has 2 heterocycles. The van der Waals surface area contributed by atoms with Gasteiger partial charge in [-0.15, -0.1) is 0 Å². The summed E-state index contributed by atoms with van der Waals surface area (Å²) in [5, 5.41) is 9.53. The summed E-state index contributed by atoms with van der Waals surface area (Å²) in [6, 6.07) is 13.4. The lowest BCUT2D eigenvalue weighted by Gasteiger charge is -2.13. The molecule has 5 rings (SSSR count). The lowest BCUT2D eigenvalue weighted by molar-refractivity contribution is -0.141. The smallest absolute Gasteiger partial charge is 0.306 e. The first-order valence-corrected chi connectivity index (χ1v) is 13.2. The van der Waals surface area contributed by atoms with Crippen molar-refractivity contribution < 1.29 is 19.4 Å². The third kappa shape index (κ3) is 5.57. The number of benzene rings is 2. The number of hydrogen-bond donors (Lipinski definition) is 1. The highest BCUT2D eigenvalue weighted by Gasteiger charge is 2.41. The van der Waals surface area contributed by atoms with Gasteiger partial charge < -0.3 is 19.1 Å². The van der Waals surface area contributed by atoms with E-state index in [-0.39, 0.29) is 12.2 Å². The van der Waals surface area contributed by atoms with Crippen LogP contribution in [0.1, 0.15) is 38.7 Å². The SMILES string of the molecule is C[C@H](CCOc1ccc(-c2nc3c(OC4(C)CC4)ncnc3n2Cc2ccccc2Br)c(Cl)c1)C(=O)O. The van der Waals surface area contributed by atoms with Crippen LogP contribution in [0.5, 0.6) is 11.6 Å². The van der Waals surface area contributed by atoms with Crippen LogP contribution in [0.2, 0.25) is 5.02 Å². The minimum absolute atomic E-state index is 0.220. The maximum absolute atomic E-state index is 11.1. The molecule has 1 saturated carbocycles. The van der Waals surface area contributed by atoms with E-state index in [0.29, 0.717) is 52.2 Å². The molecule has 0 amide bonds. The van der Waals surface area contributed by atoms with Crippen molar-refractivity contribution >= 4 is 44.7 Å². The van der Waals surface area contributed by atoms with E-state index in [2.05, 4.69) is 32.8 Å². The molecule has 1 aliphatic rings. The zero-order chi connectivity index (χ0) is 26.2. The first kappa shape index (κ1) is 25.5. The number of fused-ring (bicyclic) bond motifs is 1. The van der Waals surface area contributed by atoms with E-state index in [1.807, 2.05) is 41.0 Å². The molecule has 4 aromatic rings. The van der Waals surface area contributed by atoms with Crippen molar-refractivity contribution in [3.8, 4) is 23.0 Å². The Morgan fingerprint density at radius 3 is 2.73 bits per heavy atom. The van der Waals surface area contributed by atoms with Crippen LogP contribution in [-0.4, -0.2) is 42.8 Å². The summed E-state index contributed by atoms with van der Waals surface area (Å²) in [5.74, 6) is 0.324. The Bertz CT molecular complexity index is 1470. The molecule has 37 heavy (non-hydrogen) atoms. The Morgan fingerprint density at radius 2 is 2.03 bits per heavy atom. The summed E-state index contributed by atoms with van der Waals surface area (Å²) in [4.78, 5) is 24.9. The van der Waals surface area contributed by atoms with Gasteiger partial charge in [-0.1, -0.05) is 52.7 Å². The second-order valence-corrected chi connectivity index (χ2v) is 10.8. The Hall–Kier alpha value is -3.17. The number of aliphatic carboxylic acids is 1. The lowest BCUT2D eigenvalue weighted by atomic mass is 10.1. The van der Waals surface area contributed by atoms with E-state index in [9.17, 15) is 4.79 Å². The molecule has 0 unspecified atom stereocenters. The van der Waals surface area contributed by atoms with Crippen LogP contribution in [0.4, 0.5) is 0 Å². The summed E-state index contributed by atoms with van der Waals surface area (Å²) in [6.07, 6.45) is 3.85. The molecule has 10 heteroatoms. The first-order valence-electron chi connectivity index (χ1n) is 12.0. The van der Waals surface area contributed by atoms with Crippen molar-refractivity contribution in [3.05, 3.63) is 63.9 Å². The molecular formula is C27H26BrClN4O4. The minimum Gasteiger partial charge on any atom is -0.494 e. The van der Waals surface area contributed by atoms with E-state index in [0.717, 1.165) is 22.9 Å². The van der Waals surface area contributed by atoms with E-state index in [1.54, 1.807) is 13.0 Å². The third-order valence-corrected chi connectivity index (χ3v) is 7.59. The van der Waals surface area contributed by atoms with Gasteiger partial charge in [0.2, 0.25) is 5.88 Å². The predicted molar refractivity (Wildman–Crippen MR) is 144 cm³/mol. The van der Waals surface area contributed by atoms with Crippen molar-refractivity contribution in [2.24, 2.45) is 5.92 Å². The number of hydrogen-bond acceptors (Lipinski definition) is 6. The molecule has 1 atom stereocenters. The van der Waals surface area contributed by atoms with Gasteiger partial charge in [0.1, 0.15) is 23.5 Å². The highest BCUT2D eigenvalue weighted by molar-refractivity contribution is 9.10. The molecular weight excluding hydrogens is 560 g/mol. The number of ether oxygens (including phenoxy) is 2. The first-order chi connectivity index (χ1) is 17.7. The van der Waals surface area contributed by atoms with Gasteiger partial charge in [0.25, 0.3) is 0 Å². The molecule has 2 aromatic heterocycles. The van der Waals surface area contributed by atoms with E-state index in [4.69, 9.17) is 31.2 Å². The molecule has 0 radical (unpaired) electrons. The Kier molecular flexibility index (Phi) is 7.09. The predicted octanol–water partition coefficient (Wildman–Crippen LogP) is 6.38. The molecule has 0 spiro atoms. The van der Waals surface area contributed by atoms with Crippen LogP contribution in [0.15, 0.2) is 53.3 Å². The second kappa shape index (κ2) is 10.3. The number of imidazole rings is 1. The van der Waals surface area contributed by atoms with Gasteiger partial charge in [-0.2, -0.15) is 4.98 Å². The summed E-state index contributed by atoms with van der Waals surface area (Å²) < 4.78 is 14.9. The number of carboxylic acid groups (broad SMARTS) is 1. The maximum atomic E-state index is 11.1. The number of rotatable bonds is 10. The van der Waals surface area contributed by atoms with Crippen molar-refractivity contribution in [2.45, 2.75) is 45.3 Å². The van der Waals surface area contributed by atoms with E-state index in [1.165, 1.54) is 6.33 Å². The van der Waals surface area contributed by atoms with Crippen LogP contribution < -0.4 is 9.47 Å². The van der Waals surface area contributed by atoms with Crippen molar-refractivity contribution in [2.75, 3.05) is 6.61 Å². The van der Waals surface area contributed by atoms with Gasteiger partial charge >= 0.3 is 5.97 Å². The Balaban J connectivity index is 1.53. The number of halogens is 2. The summed E-state index contributed by atoms with van der Waals surface area (Å²) in [7, 11) is 0. The van der Waals surface area contributed by atoms with E-state index >= 15 is 0 Å². The molecule has 1 N–H and O–H groups in total. The molecule has 8 nitrogen and oxygen atoms in total. The van der Waals surface area contributed by atoms with Crippen molar-refractivity contribution in [3.63, 3.8) is 0 Å². The Morgan fingerprint density at radius 1 is 1.24 bits per heavy atom. The molecule has 1 aliphatic carbocycles. The molecule has 1 fully saturated rings. The highest BCUT2D eigenvalue weighted by Crippen LogP contribution is 2.41. The second-order valence-electron chi connectivity index (χ2n) is 9.53. The quantitative estimate of drug-likeness (QED) is 0.231. The fourth-order valence-electron chi connectivity index (χ4n) is 3.90. The fraction of sp³-hybridized carbons (Fsp3) is 0.333. The van der Waals surface area contributed by atoms with Crippen LogP contribution >= 0.6 is 27.5 Å². The van der Waals surface area contributed by atoms with Gasteiger partial charge in [-0.25, -0.2) is 9.97 Å². The van der Waals surface area contributed by atoms with Gasteiger partial charge in [0, 0.05) is 10.0 Å². The zero-order valence-electron chi connectivity index (χ0n) is 20.4. The van der Waals surface area contributed by atoms with Crippen LogP contribution in [0.25, 0.3) is 22.6 Å². The number of nitrogens with zero attached hydrogens (tertiary/aromatic N) is 4. The average molecular weight is 586 g/mol. The zero-order valence-corrected chi connectivity index (χ0v) is 22.8. The topological polar surface area (TPSA) is 99.4 Å². The van der Waals surface area contributed by atoms with Crippen LogP contribution in [-0.2, 0) is 11.3 Å². The highest BCUT2D eigenvalue weighted by atomic mass is 79.9. The minimum atomic E-state index is -0.844. The van der Waals surface area contributed by atoms with Crippen molar-refractivity contribution in [1.82, 2.24) is 19.5 Å². The van der Waals surface area contributed by atoms with Crippen LogP contribution in [0, 0.1) is 5.92 Å². The Labute approximate surface area is 227 Å². The molecule has 0 aliphatic heterocycles. The third-order valence-electron chi connectivity index (χ3n) is 6.50. The standard InChI is InChI=1S/C27H26BrClN4O4/c1-16(26(34)35)9-12-36-18-7-8-19(21(29)13-18)23-32-22-24(30-15-31-25(22)37-27(2)10-11-27)33(23)14-17-5-3-4-6-20(17)28/h3-8,13,15-16H,9-12,14H2,1-2H3,(H,34,35)/t16-/m1/s1. The summed E-state index contributed by atoms with van der Waals surface area (Å²) in [5.41, 5.74) is 2.78.